The Balaban J connectivity index is 1.99. The highest BCUT2D eigenvalue weighted by Gasteiger charge is 2.43. The highest BCUT2D eigenvalue weighted by atomic mass is 16.5. The van der Waals surface area contributed by atoms with E-state index in [0.29, 0.717) is 23.8 Å². The Hall–Kier alpha value is -1.51. The zero-order chi connectivity index (χ0) is 28.0. The van der Waals surface area contributed by atoms with Crippen molar-refractivity contribution in [3.63, 3.8) is 0 Å². The van der Waals surface area contributed by atoms with Crippen LogP contribution in [-0.4, -0.2) is 73.4 Å². The van der Waals surface area contributed by atoms with Crippen molar-refractivity contribution in [2.24, 2.45) is 0 Å². The van der Waals surface area contributed by atoms with E-state index in [9.17, 15) is 0 Å². The molecule has 3 rings (SSSR count). The topological polar surface area (TPSA) is 78.4 Å². The molecule has 1 aromatic rings. The van der Waals surface area contributed by atoms with Gasteiger partial charge in [0.1, 0.15) is 11.4 Å². The Labute approximate surface area is 226 Å². The Morgan fingerprint density at radius 3 is 1.73 bits per heavy atom. The molecule has 8 heteroatoms. The normalized spacial score (nSPS) is 23.7. The van der Waals surface area contributed by atoms with E-state index in [4.69, 9.17) is 14.7 Å². The van der Waals surface area contributed by atoms with E-state index < -0.39 is 0 Å². The maximum Gasteiger partial charge on any atom is 0.322 e. The quantitative estimate of drug-likeness (QED) is 0.463. The third-order valence-electron chi connectivity index (χ3n) is 7.97. The number of nitrogens with one attached hydrogen (secondary N) is 2. The van der Waals surface area contributed by atoms with Crippen molar-refractivity contribution in [2.45, 2.75) is 155 Å². The lowest BCUT2D eigenvalue weighted by Gasteiger charge is -2.52. The van der Waals surface area contributed by atoms with E-state index in [-0.39, 0.29) is 33.8 Å². The minimum absolute atomic E-state index is 0.00753. The van der Waals surface area contributed by atoms with Crippen LogP contribution in [0.25, 0.3) is 0 Å². The lowest BCUT2D eigenvalue weighted by molar-refractivity contribution is 0.0753. The molecule has 3 heterocycles. The molecule has 0 saturated carbocycles. The molecule has 2 aliphatic heterocycles. The van der Waals surface area contributed by atoms with Crippen LogP contribution in [0.3, 0.4) is 0 Å². The van der Waals surface area contributed by atoms with Gasteiger partial charge in [0.15, 0.2) is 0 Å². The van der Waals surface area contributed by atoms with E-state index >= 15 is 0 Å². The van der Waals surface area contributed by atoms with Gasteiger partial charge in [0.05, 0.1) is 6.67 Å². The molecule has 2 saturated heterocycles. The van der Waals surface area contributed by atoms with Crippen molar-refractivity contribution in [2.75, 3.05) is 18.6 Å². The molecule has 2 aliphatic rings. The predicted octanol–water partition coefficient (Wildman–Crippen LogP) is 5.06. The highest BCUT2D eigenvalue weighted by Crippen LogP contribution is 2.35. The van der Waals surface area contributed by atoms with Gasteiger partial charge in [-0.25, -0.2) is 0 Å². The minimum Gasteiger partial charge on any atom is -0.457 e. The largest absolute Gasteiger partial charge is 0.457 e. The number of piperidine rings is 2. The highest BCUT2D eigenvalue weighted by molar-refractivity contribution is 5.34. The standard InChI is InChI=1S/C29H55N7O/c1-14-29(11,12)37-24-31-20(2)30-23(32-24)36(22-17-27(7,8)34-28(9,10)18-22)19-35(13)21-15-25(3,4)33-26(5,6)16-21/h21-22,33-34H,14-19H2,1-13H3. The van der Waals surface area contributed by atoms with Gasteiger partial charge in [-0.2, -0.15) is 15.0 Å². The fourth-order valence-electron chi connectivity index (χ4n) is 6.70. The van der Waals surface area contributed by atoms with Crippen LogP contribution >= 0.6 is 0 Å². The lowest BCUT2D eigenvalue weighted by atomic mass is 9.78. The van der Waals surface area contributed by atoms with Crippen LogP contribution in [0, 0.1) is 6.92 Å². The number of hydrogen-bond acceptors (Lipinski definition) is 8. The molecule has 8 nitrogen and oxygen atoms in total. The van der Waals surface area contributed by atoms with E-state index in [1.165, 1.54) is 0 Å². The SMILES string of the molecule is CCC(C)(C)Oc1nc(C)nc(N(CN(C)C2CC(C)(C)NC(C)(C)C2)C2CC(C)(C)NC(C)(C)C2)n1. The maximum atomic E-state index is 6.24. The first kappa shape index (κ1) is 30.0. The smallest absolute Gasteiger partial charge is 0.322 e. The molecular weight excluding hydrogens is 462 g/mol. The van der Waals surface area contributed by atoms with Gasteiger partial charge < -0.3 is 20.3 Å². The molecule has 0 bridgehead atoms. The second-order valence-corrected chi connectivity index (χ2v) is 15.0. The van der Waals surface area contributed by atoms with E-state index in [1.807, 2.05) is 6.92 Å². The number of hydrogen-bond donors (Lipinski definition) is 2. The average Bonchev–Trinajstić information content (AvgIpc) is 2.66. The molecule has 212 valence electrons. The number of aryl methyl sites for hydroxylation is 1. The molecule has 1 aromatic heterocycles. The summed E-state index contributed by atoms with van der Waals surface area (Å²) in [6.45, 7) is 27.5. The Bertz CT molecular complexity index is 908. The van der Waals surface area contributed by atoms with Gasteiger partial charge in [-0.1, -0.05) is 6.92 Å². The van der Waals surface area contributed by atoms with Crippen molar-refractivity contribution < 1.29 is 4.74 Å². The van der Waals surface area contributed by atoms with Crippen molar-refractivity contribution in [1.82, 2.24) is 30.5 Å². The zero-order valence-electron chi connectivity index (χ0n) is 26.0. The van der Waals surface area contributed by atoms with Crippen LogP contribution in [0.1, 0.15) is 114 Å². The minimum atomic E-state index is -0.336. The van der Waals surface area contributed by atoms with Crippen LogP contribution < -0.4 is 20.3 Å². The van der Waals surface area contributed by atoms with Gasteiger partial charge in [0.25, 0.3) is 0 Å². The second kappa shape index (κ2) is 10.2. The van der Waals surface area contributed by atoms with Gasteiger partial charge in [0, 0.05) is 34.2 Å². The number of aromatic nitrogens is 3. The second-order valence-electron chi connectivity index (χ2n) is 15.0. The first-order valence-electron chi connectivity index (χ1n) is 14.2. The molecule has 0 radical (unpaired) electrons. The van der Waals surface area contributed by atoms with Gasteiger partial charge >= 0.3 is 6.01 Å². The lowest BCUT2D eigenvalue weighted by Crippen LogP contribution is -2.65. The summed E-state index contributed by atoms with van der Waals surface area (Å²) in [4.78, 5) is 19.3. The zero-order valence-corrected chi connectivity index (χ0v) is 26.0. The molecule has 0 aliphatic carbocycles. The summed E-state index contributed by atoms with van der Waals surface area (Å²) in [6, 6.07) is 1.15. The summed E-state index contributed by atoms with van der Waals surface area (Å²) in [7, 11) is 2.26. The van der Waals surface area contributed by atoms with Crippen molar-refractivity contribution in [3.05, 3.63) is 5.82 Å². The van der Waals surface area contributed by atoms with Gasteiger partial charge in [-0.05, 0) is 115 Å². The van der Waals surface area contributed by atoms with Crippen LogP contribution in [0.2, 0.25) is 0 Å². The van der Waals surface area contributed by atoms with Crippen LogP contribution in [0.4, 0.5) is 5.95 Å². The van der Waals surface area contributed by atoms with Gasteiger partial charge in [0.2, 0.25) is 5.95 Å². The third kappa shape index (κ3) is 8.24. The fraction of sp³-hybridized carbons (Fsp3) is 0.897. The molecule has 37 heavy (non-hydrogen) atoms. The fourth-order valence-corrected chi connectivity index (χ4v) is 6.70. The van der Waals surface area contributed by atoms with Crippen molar-refractivity contribution in [1.29, 1.82) is 0 Å². The summed E-state index contributed by atoms with van der Waals surface area (Å²) in [5.74, 6) is 1.41. The van der Waals surface area contributed by atoms with Gasteiger partial charge in [-0.15, -0.1) is 0 Å². The monoisotopic (exact) mass is 517 g/mol. The predicted molar refractivity (Wildman–Crippen MR) is 153 cm³/mol. The first-order valence-corrected chi connectivity index (χ1v) is 14.2. The molecule has 2 fully saturated rings. The third-order valence-corrected chi connectivity index (χ3v) is 7.97. The molecule has 0 unspecified atom stereocenters. The summed E-state index contributed by atoms with van der Waals surface area (Å²) >= 11 is 0. The van der Waals surface area contributed by atoms with Crippen LogP contribution in [0.15, 0.2) is 0 Å². The summed E-state index contributed by atoms with van der Waals surface area (Å²) < 4.78 is 6.24. The van der Waals surface area contributed by atoms with Crippen LogP contribution in [-0.2, 0) is 0 Å². The van der Waals surface area contributed by atoms with Crippen molar-refractivity contribution >= 4 is 5.95 Å². The number of ether oxygens (including phenoxy) is 1. The molecule has 0 atom stereocenters. The molecule has 0 spiro atoms. The average molecular weight is 518 g/mol. The molecule has 0 aromatic carbocycles. The summed E-state index contributed by atoms with van der Waals surface area (Å²) in [6.07, 6.45) is 5.08. The molecular formula is C29H55N7O. The Kier molecular flexibility index (Phi) is 8.31. The Morgan fingerprint density at radius 2 is 1.27 bits per heavy atom. The van der Waals surface area contributed by atoms with Gasteiger partial charge in [-0.3, -0.25) is 4.90 Å². The maximum absolute atomic E-state index is 6.24. The van der Waals surface area contributed by atoms with E-state index in [2.05, 4.69) is 109 Å². The number of anilines is 1. The van der Waals surface area contributed by atoms with E-state index in [0.717, 1.165) is 38.8 Å². The molecule has 0 amide bonds. The Morgan fingerprint density at radius 1 is 0.811 bits per heavy atom. The van der Waals surface area contributed by atoms with Crippen molar-refractivity contribution in [3.8, 4) is 6.01 Å². The number of rotatable bonds is 8. The summed E-state index contributed by atoms with van der Waals surface area (Å²) in [5, 5.41) is 7.67. The molecule has 2 N–H and O–H groups in total. The van der Waals surface area contributed by atoms with Crippen LogP contribution in [0.5, 0.6) is 6.01 Å². The van der Waals surface area contributed by atoms with E-state index in [1.54, 1.807) is 0 Å². The first-order chi connectivity index (χ1) is 16.7. The number of nitrogens with zero attached hydrogens (tertiary/aromatic N) is 5. The summed E-state index contributed by atoms with van der Waals surface area (Å²) in [5.41, 5.74) is -0.152.